The Labute approximate surface area is 116 Å². The minimum absolute atomic E-state index is 0.0376. The van der Waals surface area contributed by atoms with Crippen LogP contribution in [0.15, 0.2) is 27.7 Å². The molecule has 1 aromatic carbocycles. The molecular weight excluding hydrogens is 284 g/mol. The molecule has 108 valence electrons. The van der Waals surface area contributed by atoms with Gasteiger partial charge in [0.2, 0.25) is 5.88 Å². The molecule has 2 rings (SSSR count). The first-order chi connectivity index (χ1) is 9.38. The zero-order chi connectivity index (χ0) is 14.9. The Morgan fingerprint density at radius 3 is 2.25 bits per heavy atom. The molecule has 1 aromatic heterocycles. The fourth-order valence-electron chi connectivity index (χ4n) is 1.82. The zero-order valence-corrected chi connectivity index (χ0v) is 12.0. The van der Waals surface area contributed by atoms with Gasteiger partial charge in [-0.25, -0.2) is 8.42 Å². The number of nitrogens with zero attached hydrogens (tertiary/aromatic N) is 1. The Bertz CT molecular complexity index is 736. The van der Waals surface area contributed by atoms with Gasteiger partial charge < -0.3 is 19.7 Å². The molecule has 0 saturated carbocycles. The summed E-state index contributed by atoms with van der Waals surface area (Å²) in [7, 11) is -0.631. The third-order valence-electron chi connectivity index (χ3n) is 2.77. The Morgan fingerprint density at radius 2 is 1.80 bits per heavy atom. The molecule has 0 radical (unpaired) electrons. The van der Waals surface area contributed by atoms with Crippen molar-refractivity contribution in [1.82, 2.24) is 5.16 Å². The lowest BCUT2D eigenvalue weighted by molar-refractivity contribution is 0.393. The number of rotatable bonds is 4. The summed E-state index contributed by atoms with van der Waals surface area (Å²) in [5, 5.41) is 3.59. The highest BCUT2D eigenvalue weighted by Crippen LogP contribution is 2.39. The average molecular weight is 298 g/mol. The average Bonchev–Trinajstić information content (AvgIpc) is 2.82. The Kier molecular flexibility index (Phi) is 3.58. The van der Waals surface area contributed by atoms with Crippen molar-refractivity contribution < 1.29 is 22.4 Å². The highest BCUT2D eigenvalue weighted by atomic mass is 32.2. The molecule has 0 saturated heterocycles. The third kappa shape index (κ3) is 2.42. The number of ether oxygens (including phenoxy) is 2. The highest BCUT2D eigenvalue weighted by Gasteiger charge is 2.21. The van der Waals surface area contributed by atoms with Gasteiger partial charge in [0.1, 0.15) is 16.4 Å². The molecule has 0 atom stereocenters. The van der Waals surface area contributed by atoms with Gasteiger partial charge in [0.15, 0.2) is 9.84 Å². The van der Waals surface area contributed by atoms with Gasteiger partial charge in [-0.1, -0.05) is 5.16 Å². The van der Waals surface area contributed by atoms with Crippen LogP contribution >= 0.6 is 0 Å². The van der Waals surface area contributed by atoms with Crippen LogP contribution in [0.1, 0.15) is 0 Å². The van der Waals surface area contributed by atoms with Crippen LogP contribution in [0.5, 0.6) is 11.5 Å². The van der Waals surface area contributed by atoms with Crippen molar-refractivity contribution in [1.29, 1.82) is 0 Å². The van der Waals surface area contributed by atoms with Crippen LogP contribution in [0, 0.1) is 0 Å². The maximum Gasteiger partial charge on any atom is 0.230 e. The first kappa shape index (κ1) is 14.2. The first-order valence-corrected chi connectivity index (χ1v) is 7.44. The van der Waals surface area contributed by atoms with E-state index in [0.717, 1.165) is 6.26 Å². The molecule has 20 heavy (non-hydrogen) atoms. The number of hydrogen-bond acceptors (Lipinski definition) is 7. The second-order valence-corrected chi connectivity index (χ2v) is 6.06. The van der Waals surface area contributed by atoms with Gasteiger partial charge in [-0.05, 0) is 6.07 Å². The molecule has 2 aromatic rings. The topological polar surface area (TPSA) is 105 Å². The number of hydrogen-bond donors (Lipinski definition) is 1. The number of anilines is 1. The van der Waals surface area contributed by atoms with Gasteiger partial charge in [0.25, 0.3) is 0 Å². The van der Waals surface area contributed by atoms with Gasteiger partial charge >= 0.3 is 0 Å². The van der Waals surface area contributed by atoms with Gasteiger partial charge in [0.05, 0.1) is 26.0 Å². The number of methoxy groups -OCH3 is 2. The molecule has 2 N–H and O–H groups in total. The van der Waals surface area contributed by atoms with Gasteiger partial charge in [-0.3, -0.25) is 0 Å². The minimum atomic E-state index is -3.45. The molecule has 0 bridgehead atoms. The van der Waals surface area contributed by atoms with Crippen molar-refractivity contribution in [2.45, 2.75) is 4.90 Å². The quantitative estimate of drug-likeness (QED) is 0.908. The molecule has 1 heterocycles. The van der Waals surface area contributed by atoms with Crippen LogP contribution in [-0.4, -0.2) is 34.0 Å². The Hall–Kier alpha value is -2.22. The maximum atomic E-state index is 11.8. The van der Waals surface area contributed by atoms with Crippen LogP contribution in [0.3, 0.4) is 0 Å². The number of aromatic nitrogens is 1. The van der Waals surface area contributed by atoms with E-state index in [1.54, 1.807) is 0 Å². The monoisotopic (exact) mass is 298 g/mol. The molecule has 0 spiro atoms. The largest absolute Gasteiger partial charge is 0.496 e. The highest BCUT2D eigenvalue weighted by molar-refractivity contribution is 7.90. The summed E-state index contributed by atoms with van der Waals surface area (Å²) < 4.78 is 38.6. The molecule has 8 heteroatoms. The van der Waals surface area contributed by atoms with Crippen LogP contribution in [-0.2, 0) is 9.84 Å². The Morgan fingerprint density at radius 1 is 1.15 bits per heavy atom. The molecule has 0 unspecified atom stereocenters. The van der Waals surface area contributed by atoms with E-state index in [4.69, 9.17) is 19.7 Å². The van der Waals surface area contributed by atoms with Crippen molar-refractivity contribution >= 4 is 15.7 Å². The van der Waals surface area contributed by atoms with Gasteiger partial charge in [-0.2, -0.15) is 0 Å². The number of benzene rings is 1. The minimum Gasteiger partial charge on any atom is -0.496 e. The molecule has 0 amide bonds. The van der Waals surface area contributed by atoms with Crippen molar-refractivity contribution in [2.24, 2.45) is 0 Å². The van der Waals surface area contributed by atoms with Crippen LogP contribution in [0.2, 0.25) is 0 Å². The summed E-state index contributed by atoms with van der Waals surface area (Å²) in [4.78, 5) is 0.0376. The zero-order valence-electron chi connectivity index (χ0n) is 11.2. The predicted molar refractivity (Wildman–Crippen MR) is 72.6 cm³/mol. The van der Waals surface area contributed by atoms with Gasteiger partial charge in [0, 0.05) is 17.9 Å². The maximum absolute atomic E-state index is 11.8. The normalized spacial score (nSPS) is 11.3. The molecule has 7 nitrogen and oxygen atoms in total. The van der Waals surface area contributed by atoms with Gasteiger partial charge in [-0.15, -0.1) is 0 Å². The lowest BCUT2D eigenvalue weighted by Gasteiger charge is -2.13. The van der Waals surface area contributed by atoms with E-state index in [1.165, 1.54) is 32.5 Å². The van der Waals surface area contributed by atoms with Crippen molar-refractivity contribution in [3.05, 3.63) is 18.3 Å². The summed E-state index contributed by atoms with van der Waals surface area (Å²) >= 11 is 0. The second kappa shape index (κ2) is 5.04. The second-order valence-electron chi connectivity index (χ2n) is 4.08. The van der Waals surface area contributed by atoms with E-state index in [2.05, 4.69) is 5.16 Å². The lowest BCUT2D eigenvalue weighted by atomic mass is 10.1. The summed E-state index contributed by atoms with van der Waals surface area (Å²) in [6.45, 7) is 0. The number of nitrogen functional groups attached to an aromatic ring is 1. The summed E-state index contributed by atoms with van der Waals surface area (Å²) in [6.07, 6.45) is 2.52. The van der Waals surface area contributed by atoms with Crippen molar-refractivity contribution in [3.8, 4) is 22.6 Å². The van der Waals surface area contributed by atoms with E-state index in [-0.39, 0.29) is 16.5 Å². The van der Waals surface area contributed by atoms with Crippen molar-refractivity contribution in [3.63, 3.8) is 0 Å². The standard InChI is InChI=1S/C12H14N2O5S/c1-17-9-5-11(20(3,15)16)10(18-2)4-7(9)8-6-14-19-12(8)13/h4-6H,13H2,1-3H3. The van der Waals surface area contributed by atoms with Crippen LogP contribution < -0.4 is 15.2 Å². The first-order valence-electron chi connectivity index (χ1n) is 5.55. The van der Waals surface area contributed by atoms with E-state index in [9.17, 15) is 8.42 Å². The molecule has 0 aliphatic rings. The number of sulfone groups is 1. The van der Waals surface area contributed by atoms with E-state index < -0.39 is 9.84 Å². The lowest BCUT2D eigenvalue weighted by Crippen LogP contribution is -2.02. The van der Waals surface area contributed by atoms with Crippen LogP contribution in [0.25, 0.3) is 11.1 Å². The smallest absolute Gasteiger partial charge is 0.230 e. The SMILES string of the molecule is COc1cc(S(C)(=O)=O)c(OC)cc1-c1cnoc1N. The third-order valence-corrected chi connectivity index (χ3v) is 3.89. The summed E-state index contributed by atoms with van der Waals surface area (Å²) in [6, 6.07) is 2.91. The molecule has 0 aliphatic heterocycles. The van der Waals surface area contributed by atoms with E-state index in [0.29, 0.717) is 16.9 Å². The molecular formula is C12H14N2O5S. The molecule has 0 fully saturated rings. The fraction of sp³-hybridized carbons (Fsp3) is 0.250. The van der Waals surface area contributed by atoms with E-state index in [1.807, 2.05) is 0 Å². The predicted octanol–water partition coefficient (Wildman–Crippen LogP) is 1.34. The summed E-state index contributed by atoms with van der Waals surface area (Å²) in [5.41, 5.74) is 6.71. The molecule has 0 aliphatic carbocycles. The fourth-order valence-corrected chi connectivity index (χ4v) is 2.65. The number of nitrogens with two attached hydrogens (primary N) is 1. The summed E-state index contributed by atoms with van der Waals surface area (Å²) in [5.74, 6) is 0.641. The van der Waals surface area contributed by atoms with Crippen LogP contribution in [0.4, 0.5) is 5.88 Å². The van der Waals surface area contributed by atoms with Crippen molar-refractivity contribution in [2.75, 3.05) is 26.2 Å². The Balaban J connectivity index is 2.75. The van der Waals surface area contributed by atoms with E-state index >= 15 is 0 Å².